The SMILES string of the molecule is CCC1(CC)CN(Cc2ccncc2Cl)C(C)CCN1. The Hall–Kier alpha value is -0.640. The molecule has 1 aliphatic heterocycles. The maximum atomic E-state index is 6.27. The molecule has 1 atom stereocenters. The van der Waals surface area contributed by atoms with Gasteiger partial charge in [-0.05, 0) is 44.4 Å². The van der Waals surface area contributed by atoms with Crippen LogP contribution in [0.4, 0.5) is 0 Å². The largest absolute Gasteiger partial charge is 0.310 e. The minimum absolute atomic E-state index is 0.240. The Morgan fingerprint density at radius 2 is 2.20 bits per heavy atom. The number of hydrogen-bond donors (Lipinski definition) is 1. The van der Waals surface area contributed by atoms with E-state index in [0.717, 1.165) is 37.5 Å². The minimum Gasteiger partial charge on any atom is -0.310 e. The molecule has 4 heteroatoms. The Balaban J connectivity index is 2.17. The summed E-state index contributed by atoms with van der Waals surface area (Å²) in [5, 5.41) is 4.54. The fraction of sp³-hybridized carbons (Fsp3) is 0.688. The van der Waals surface area contributed by atoms with Gasteiger partial charge in [-0.15, -0.1) is 0 Å². The highest BCUT2D eigenvalue weighted by Crippen LogP contribution is 2.25. The van der Waals surface area contributed by atoms with E-state index in [9.17, 15) is 0 Å². The Kier molecular flexibility index (Phi) is 5.42. The molecule has 0 aromatic carbocycles. The van der Waals surface area contributed by atoms with Crippen LogP contribution in [0, 0.1) is 0 Å². The quantitative estimate of drug-likeness (QED) is 0.922. The molecule has 112 valence electrons. The van der Waals surface area contributed by atoms with Crippen LogP contribution in [0.1, 0.15) is 45.6 Å². The third kappa shape index (κ3) is 3.51. The minimum atomic E-state index is 0.240. The summed E-state index contributed by atoms with van der Waals surface area (Å²) in [6.07, 6.45) is 7.08. The third-order valence-electron chi connectivity index (χ3n) is 4.77. The lowest BCUT2D eigenvalue weighted by Gasteiger charge is -2.37. The molecule has 0 bridgehead atoms. The summed E-state index contributed by atoms with van der Waals surface area (Å²) in [6, 6.07) is 2.61. The number of rotatable bonds is 4. The first-order valence-electron chi connectivity index (χ1n) is 7.67. The summed E-state index contributed by atoms with van der Waals surface area (Å²) in [5.74, 6) is 0. The topological polar surface area (TPSA) is 28.2 Å². The molecule has 0 radical (unpaired) electrons. The van der Waals surface area contributed by atoms with E-state index in [2.05, 4.69) is 36.0 Å². The molecule has 1 aromatic heterocycles. The molecule has 1 N–H and O–H groups in total. The van der Waals surface area contributed by atoms with E-state index in [1.54, 1.807) is 6.20 Å². The van der Waals surface area contributed by atoms with Crippen LogP contribution >= 0.6 is 11.6 Å². The van der Waals surface area contributed by atoms with E-state index < -0.39 is 0 Å². The summed E-state index contributed by atoms with van der Waals surface area (Å²) in [5.41, 5.74) is 1.42. The molecular formula is C16H26ClN3. The molecule has 1 fully saturated rings. The average molecular weight is 296 g/mol. The Morgan fingerprint density at radius 3 is 2.85 bits per heavy atom. The first-order valence-corrected chi connectivity index (χ1v) is 8.05. The molecule has 1 unspecified atom stereocenters. The van der Waals surface area contributed by atoms with Crippen molar-refractivity contribution in [1.29, 1.82) is 0 Å². The van der Waals surface area contributed by atoms with Gasteiger partial charge in [0.1, 0.15) is 0 Å². The van der Waals surface area contributed by atoms with Gasteiger partial charge in [0.15, 0.2) is 0 Å². The van der Waals surface area contributed by atoms with Gasteiger partial charge in [-0.1, -0.05) is 25.4 Å². The van der Waals surface area contributed by atoms with Crippen molar-refractivity contribution in [1.82, 2.24) is 15.2 Å². The molecule has 0 spiro atoms. The highest BCUT2D eigenvalue weighted by Gasteiger charge is 2.32. The number of halogens is 1. The fourth-order valence-electron chi connectivity index (χ4n) is 3.02. The van der Waals surface area contributed by atoms with Gasteiger partial charge in [-0.2, -0.15) is 0 Å². The summed E-state index contributed by atoms with van der Waals surface area (Å²) in [4.78, 5) is 6.64. The second kappa shape index (κ2) is 6.88. The fourth-order valence-corrected chi connectivity index (χ4v) is 3.19. The smallest absolute Gasteiger partial charge is 0.0634 e. The average Bonchev–Trinajstić information content (AvgIpc) is 2.62. The van der Waals surface area contributed by atoms with Crippen molar-refractivity contribution in [2.24, 2.45) is 0 Å². The molecular weight excluding hydrogens is 270 g/mol. The number of hydrogen-bond acceptors (Lipinski definition) is 3. The molecule has 0 aliphatic carbocycles. The van der Waals surface area contributed by atoms with E-state index in [1.807, 2.05) is 12.3 Å². The number of pyridine rings is 1. The monoisotopic (exact) mass is 295 g/mol. The zero-order chi connectivity index (χ0) is 14.6. The van der Waals surface area contributed by atoms with Gasteiger partial charge in [0.25, 0.3) is 0 Å². The highest BCUT2D eigenvalue weighted by atomic mass is 35.5. The van der Waals surface area contributed by atoms with Crippen LogP contribution in [0.3, 0.4) is 0 Å². The number of nitrogens with zero attached hydrogens (tertiary/aromatic N) is 2. The Labute approximate surface area is 127 Å². The van der Waals surface area contributed by atoms with Crippen molar-refractivity contribution < 1.29 is 0 Å². The predicted molar refractivity (Wildman–Crippen MR) is 85.1 cm³/mol. The van der Waals surface area contributed by atoms with E-state index >= 15 is 0 Å². The van der Waals surface area contributed by atoms with Crippen molar-refractivity contribution in [3.8, 4) is 0 Å². The normalized spacial score (nSPS) is 23.5. The molecule has 1 aliphatic rings. The zero-order valence-corrected chi connectivity index (χ0v) is 13.6. The van der Waals surface area contributed by atoms with Crippen LogP contribution in [0.15, 0.2) is 18.5 Å². The molecule has 1 saturated heterocycles. The first kappa shape index (κ1) is 15.7. The van der Waals surface area contributed by atoms with Crippen LogP contribution in [0.5, 0.6) is 0 Å². The van der Waals surface area contributed by atoms with E-state index in [-0.39, 0.29) is 5.54 Å². The molecule has 3 nitrogen and oxygen atoms in total. The van der Waals surface area contributed by atoms with Gasteiger partial charge < -0.3 is 5.32 Å². The Morgan fingerprint density at radius 1 is 1.45 bits per heavy atom. The molecule has 20 heavy (non-hydrogen) atoms. The number of nitrogens with one attached hydrogen (secondary N) is 1. The van der Waals surface area contributed by atoms with Crippen molar-refractivity contribution >= 4 is 11.6 Å². The van der Waals surface area contributed by atoms with Crippen molar-refractivity contribution in [2.75, 3.05) is 13.1 Å². The summed E-state index contributed by atoms with van der Waals surface area (Å²) < 4.78 is 0. The maximum absolute atomic E-state index is 6.27. The van der Waals surface area contributed by atoms with Crippen LogP contribution < -0.4 is 5.32 Å². The van der Waals surface area contributed by atoms with Crippen LogP contribution in [-0.2, 0) is 6.54 Å². The van der Waals surface area contributed by atoms with Crippen molar-refractivity contribution in [3.63, 3.8) is 0 Å². The van der Waals surface area contributed by atoms with E-state index in [1.165, 1.54) is 12.0 Å². The van der Waals surface area contributed by atoms with Gasteiger partial charge in [-0.25, -0.2) is 0 Å². The molecule has 2 rings (SSSR count). The number of aromatic nitrogens is 1. The van der Waals surface area contributed by atoms with E-state index in [4.69, 9.17) is 11.6 Å². The Bertz CT molecular complexity index is 431. The van der Waals surface area contributed by atoms with Gasteiger partial charge in [0, 0.05) is 37.1 Å². The first-order chi connectivity index (χ1) is 9.60. The molecule has 2 heterocycles. The lowest BCUT2D eigenvalue weighted by Crippen LogP contribution is -2.51. The predicted octanol–water partition coefficient (Wildman–Crippen LogP) is 3.48. The van der Waals surface area contributed by atoms with Crippen molar-refractivity contribution in [3.05, 3.63) is 29.0 Å². The zero-order valence-electron chi connectivity index (χ0n) is 12.8. The lowest BCUT2D eigenvalue weighted by molar-refractivity contribution is 0.152. The van der Waals surface area contributed by atoms with Crippen LogP contribution in [0.2, 0.25) is 5.02 Å². The maximum Gasteiger partial charge on any atom is 0.0634 e. The second-order valence-corrected chi connectivity index (χ2v) is 6.33. The summed E-state index contributed by atoms with van der Waals surface area (Å²) >= 11 is 6.27. The third-order valence-corrected chi connectivity index (χ3v) is 5.11. The van der Waals surface area contributed by atoms with Gasteiger partial charge in [0.2, 0.25) is 0 Å². The summed E-state index contributed by atoms with van der Waals surface area (Å²) in [6.45, 7) is 9.97. The molecule has 0 saturated carbocycles. The van der Waals surface area contributed by atoms with Gasteiger partial charge >= 0.3 is 0 Å². The molecule has 1 aromatic rings. The van der Waals surface area contributed by atoms with E-state index in [0.29, 0.717) is 6.04 Å². The summed E-state index contributed by atoms with van der Waals surface area (Å²) in [7, 11) is 0. The molecule has 0 amide bonds. The lowest BCUT2D eigenvalue weighted by atomic mass is 9.92. The van der Waals surface area contributed by atoms with Crippen LogP contribution in [-0.4, -0.2) is 34.6 Å². The van der Waals surface area contributed by atoms with Gasteiger partial charge in [-0.3, -0.25) is 9.88 Å². The van der Waals surface area contributed by atoms with Crippen molar-refractivity contribution in [2.45, 2.75) is 58.2 Å². The van der Waals surface area contributed by atoms with Gasteiger partial charge in [0.05, 0.1) is 5.02 Å². The highest BCUT2D eigenvalue weighted by molar-refractivity contribution is 6.31. The standard InChI is InChI=1S/C16H26ClN3/c1-4-16(5-2)12-20(13(3)6-9-19-16)11-14-7-8-18-10-15(14)17/h7-8,10,13,19H,4-6,9,11-12H2,1-3H3. The second-order valence-electron chi connectivity index (χ2n) is 5.92. The van der Waals surface area contributed by atoms with Crippen LogP contribution in [0.25, 0.3) is 0 Å².